The first-order valence-corrected chi connectivity index (χ1v) is 6.06. The second-order valence-corrected chi connectivity index (χ2v) is 4.12. The average molecular weight is 308 g/mol. The second-order valence-electron chi connectivity index (χ2n) is 2.89. The fraction of sp³-hybridized carbons (Fsp3) is 0.364. The molecular formula is C11H12BrClO3. The molecule has 0 radical (unpaired) electrons. The minimum absolute atomic E-state index is 0.273. The summed E-state index contributed by atoms with van der Waals surface area (Å²) in [6.45, 7) is 4.39. The highest BCUT2D eigenvalue weighted by atomic mass is 79.9. The van der Waals surface area contributed by atoms with Crippen LogP contribution in [-0.4, -0.2) is 19.2 Å². The maximum absolute atomic E-state index is 11.7. The largest absolute Gasteiger partial charge is 0.492 e. The van der Waals surface area contributed by atoms with Crippen LogP contribution in [-0.2, 0) is 4.74 Å². The topological polar surface area (TPSA) is 35.5 Å². The quantitative estimate of drug-likeness (QED) is 0.796. The van der Waals surface area contributed by atoms with Gasteiger partial charge < -0.3 is 9.47 Å². The maximum atomic E-state index is 11.7. The molecule has 1 aromatic carbocycles. The molecule has 3 nitrogen and oxygen atoms in total. The number of hydrogen-bond donors (Lipinski definition) is 0. The predicted octanol–water partition coefficient (Wildman–Crippen LogP) is 3.68. The minimum atomic E-state index is -0.457. The molecule has 0 fully saturated rings. The second kappa shape index (κ2) is 6.11. The fourth-order valence-electron chi connectivity index (χ4n) is 1.19. The number of benzene rings is 1. The first-order valence-electron chi connectivity index (χ1n) is 4.89. The molecule has 0 saturated carbocycles. The molecular weight excluding hydrogens is 295 g/mol. The van der Waals surface area contributed by atoms with Crippen LogP contribution in [0.3, 0.4) is 0 Å². The van der Waals surface area contributed by atoms with Gasteiger partial charge in [-0.2, -0.15) is 0 Å². The Morgan fingerprint density at radius 2 is 2.06 bits per heavy atom. The molecule has 0 aliphatic rings. The van der Waals surface area contributed by atoms with Crippen molar-refractivity contribution < 1.29 is 14.3 Å². The molecule has 0 saturated heterocycles. The maximum Gasteiger partial charge on any atom is 0.340 e. The molecule has 0 aliphatic carbocycles. The lowest BCUT2D eigenvalue weighted by molar-refractivity contribution is 0.0525. The van der Waals surface area contributed by atoms with E-state index >= 15 is 0 Å². The molecule has 0 heterocycles. The number of carbonyl (C=O) groups is 1. The number of hydrogen-bond acceptors (Lipinski definition) is 3. The molecule has 0 aromatic heterocycles. The normalized spacial score (nSPS) is 10.0. The molecule has 0 spiro atoms. The van der Waals surface area contributed by atoms with Crippen LogP contribution in [0.2, 0.25) is 5.02 Å². The molecule has 0 unspecified atom stereocenters. The molecule has 0 bridgehead atoms. The Bertz CT molecular complexity index is 393. The fourth-order valence-corrected chi connectivity index (χ4v) is 2.09. The number of halogens is 2. The first-order chi connectivity index (χ1) is 7.61. The van der Waals surface area contributed by atoms with Gasteiger partial charge in [-0.1, -0.05) is 11.6 Å². The van der Waals surface area contributed by atoms with Gasteiger partial charge in [0.1, 0.15) is 5.75 Å². The molecule has 1 aromatic rings. The van der Waals surface area contributed by atoms with Crippen LogP contribution in [0.1, 0.15) is 24.2 Å². The predicted molar refractivity (Wildman–Crippen MR) is 66.3 cm³/mol. The smallest absolute Gasteiger partial charge is 0.340 e. The summed E-state index contributed by atoms with van der Waals surface area (Å²) in [7, 11) is 0. The van der Waals surface area contributed by atoms with E-state index in [-0.39, 0.29) is 5.02 Å². The van der Waals surface area contributed by atoms with E-state index in [1.807, 2.05) is 6.92 Å². The van der Waals surface area contributed by atoms with Crippen molar-refractivity contribution in [1.29, 1.82) is 0 Å². The van der Waals surface area contributed by atoms with Gasteiger partial charge in [-0.05, 0) is 41.9 Å². The highest BCUT2D eigenvalue weighted by Gasteiger charge is 2.19. The third-order valence-electron chi connectivity index (χ3n) is 1.84. The summed E-state index contributed by atoms with van der Waals surface area (Å²) in [5, 5.41) is 0.273. The lowest BCUT2D eigenvalue weighted by Crippen LogP contribution is -2.07. The Morgan fingerprint density at radius 1 is 1.38 bits per heavy atom. The monoisotopic (exact) mass is 306 g/mol. The first kappa shape index (κ1) is 13.3. The van der Waals surface area contributed by atoms with Gasteiger partial charge in [0, 0.05) is 4.47 Å². The van der Waals surface area contributed by atoms with Crippen LogP contribution >= 0.6 is 27.5 Å². The van der Waals surface area contributed by atoms with Crippen LogP contribution in [0.15, 0.2) is 16.6 Å². The van der Waals surface area contributed by atoms with Gasteiger partial charge in [-0.15, -0.1) is 0 Å². The summed E-state index contributed by atoms with van der Waals surface area (Å²) < 4.78 is 10.8. The van der Waals surface area contributed by atoms with Crippen molar-refractivity contribution in [2.24, 2.45) is 0 Å². The summed E-state index contributed by atoms with van der Waals surface area (Å²) in [5.74, 6) is 0.0244. The summed E-state index contributed by atoms with van der Waals surface area (Å²) in [6.07, 6.45) is 0. The molecule has 0 amide bonds. The number of esters is 1. The standard InChI is InChI=1S/C11H12BrClO3/c1-3-15-8-6-5-7(12)9(10(8)13)11(14)16-4-2/h5-6H,3-4H2,1-2H3. The van der Waals surface area contributed by atoms with Crippen molar-refractivity contribution in [3.8, 4) is 5.75 Å². The van der Waals surface area contributed by atoms with Crippen LogP contribution in [0, 0.1) is 0 Å². The highest BCUT2D eigenvalue weighted by Crippen LogP contribution is 2.34. The lowest BCUT2D eigenvalue weighted by Gasteiger charge is -2.11. The van der Waals surface area contributed by atoms with Gasteiger partial charge in [-0.25, -0.2) is 4.79 Å². The minimum Gasteiger partial charge on any atom is -0.492 e. The number of rotatable bonds is 4. The van der Waals surface area contributed by atoms with E-state index in [0.717, 1.165) is 0 Å². The number of ether oxygens (including phenoxy) is 2. The van der Waals surface area contributed by atoms with Crippen molar-refractivity contribution in [3.63, 3.8) is 0 Å². The van der Waals surface area contributed by atoms with Crippen LogP contribution in [0.4, 0.5) is 0 Å². The van der Waals surface area contributed by atoms with Gasteiger partial charge >= 0.3 is 5.97 Å². The Kier molecular flexibility index (Phi) is 5.09. The van der Waals surface area contributed by atoms with E-state index in [9.17, 15) is 4.79 Å². The summed E-state index contributed by atoms with van der Waals surface area (Å²) in [6, 6.07) is 3.42. The van der Waals surface area contributed by atoms with E-state index in [4.69, 9.17) is 21.1 Å². The molecule has 88 valence electrons. The summed E-state index contributed by atoms with van der Waals surface area (Å²) in [4.78, 5) is 11.7. The van der Waals surface area contributed by atoms with E-state index < -0.39 is 5.97 Å². The Morgan fingerprint density at radius 3 is 2.62 bits per heavy atom. The van der Waals surface area contributed by atoms with Crippen molar-refractivity contribution in [3.05, 3.63) is 27.2 Å². The van der Waals surface area contributed by atoms with Gasteiger partial charge in [0.05, 0.1) is 23.8 Å². The van der Waals surface area contributed by atoms with Crippen molar-refractivity contribution in [1.82, 2.24) is 0 Å². The molecule has 0 aliphatic heterocycles. The Labute approximate surface area is 108 Å². The number of carbonyl (C=O) groups excluding carboxylic acids is 1. The van der Waals surface area contributed by atoms with E-state index in [2.05, 4.69) is 15.9 Å². The molecule has 1 rings (SSSR count). The Balaban J connectivity index is 3.15. The zero-order chi connectivity index (χ0) is 12.1. The summed E-state index contributed by atoms with van der Waals surface area (Å²) >= 11 is 9.33. The zero-order valence-corrected chi connectivity index (χ0v) is 11.4. The third-order valence-corrected chi connectivity index (χ3v) is 2.87. The Hall–Kier alpha value is -0.740. The zero-order valence-electron chi connectivity index (χ0n) is 9.05. The average Bonchev–Trinajstić information content (AvgIpc) is 2.23. The third kappa shape index (κ3) is 2.89. The van der Waals surface area contributed by atoms with Crippen LogP contribution < -0.4 is 4.74 Å². The van der Waals surface area contributed by atoms with Crippen LogP contribution in [0.25, 0.3) is 0 Å². The van der Waals surface area contributed by atoms with Crippen molar-refractivity contribution in [2.45, 2.75) is 13.8 Å². The summed E-state index contributed by atoms with van der Waals surface area (Å²) in [5.41, 5.74) is 0.300. The van der Waals surface area contributed by atoms with Gasteiger partial charge in [-0.3, -0.25) is 0 Å². The van der Waals surface area contributed by atoms with E-state index in [1.54, 1.807) is 19.1 Å². The lowest BCUT2D eigenvalue weighted by atomic mass is 10.2. The molecule has 16 heavy (non-hydrogen) atoms. The van der Waals surface area contributed by atoms with Gasteiger partial charge in [0.2, 0.25) is 0 Å². The molecule has 5 heteroatoms. The SMILES string of the molecule is CCOC(=O)c1c(Br)ccc(OCC)c1Cl. The van der Waals surface area contributed by atoms with Gasteiger partial charge in [0.15, 0.2) is 0 Å². The van der Waals surface area contributed by atoms with Crippen molar-refractivity contribution in [2.75, 3.05) is 13.2 Å². The highest BCUT2D eigenvalue weighted by molar-refractivity contribution is 9.10. The molecule has 0 N–H and O–H groups in total. The van der Waals surface area contributed by atoms with E-state index in [1.165, 1.54) is 0 Å². The molecule has 0 atom stereocenters. The van der Waals surface area contributed by atoms with E-state index in [0.29, 0.717) is 29.0 Å². The van der Waals surface area contributed by atoms with Gasteiger partial charge in [0.25, 0.3) is 0 Å². The van der Waals surface area contributed by atoms with Crippen molar-refractivity contribution >= 4 is 33.5 Å². The van der Waals surface area contributed by atoms with Crippen LogP contribution in [0.5, 0.6) is 5.75 Å².